The van der Waals surface area contributed by atoms with E-state index in [0.717, 1.165) is 6.07 Å². The van der Waals surface area contributed by atoms with E-state index in [2.05, 4.69) is 15.9 Å². The van der Waals surface area contributed by atoms with Crippen molar-refractivity contribution in [3.8, 4) is 0 Å². The monoisotopic (exact) mass is 272 g/mol. The lowest BCUT2D eigenvalue weighted by Gasteiger charge is -2.11. The van der Waals surface area contributed by atoms with E-state index in [0.29, 0.717) is 4.47 Å². The Hall–Kier alpha value is -0.220. The van der Waals surface area contributed by atoms with Gasteiger partial charge in [0.15, 0.2) is 0 Å². The third-order valence-corrected chi connectivity index (χ3v) is 2.46. The molecule has 0 fully saturated rings. The highest BCUT2D eigenvalue weighted by Crippen LogP contribution is 2.36. The lowest BCUT2D eigenvalue weighted by Crippen LogP contribution is -2.07. The van der Waals surface area contributed by atoms with Crippen molar-refractivity contribution in [2.24, 2.45) is 0 Å². The van der Waals surface area contributed by atoms with E-state index in [1.165, 1.54) is 13.0 Å². The molecule has 0 aromatic heterocycles. The van der Waals surface area contributed by atoms with Crippen LogP contribution in [0.3, 0.4) is 0 Å². The van der Waals surface area contributed by atoms with Crippen LogP contribution in [-0.4, -0.2) is 0 Å². The molecule has 0 atom stereocenters. The molecule has 5 heteroatoms. The average Bonchev–Trinajstić information content (AvgIpc) is 1.94. The summed E-state index contributed by atoms with van der Waals surface area (Å²) in [4.78, 5) is 0. The van der Waals surface area contributed by atoms with Crippen LogP contribution in [0.25, 0.3) is 0 Å². The Balaban J connectivity index is 3.37. The molecule has 0 spiro atoms. The molecule has 72 valence electrons. The van der Waals surface area contributed by atoms with Crippen molar-refractivity contribution in [2.75, 3.05) is 0 Å². The number of hydrogen-bond donors (Lipinski definition) is 0. The molecular formula is C8H5BrClF3. The molecule has 1 rings (SSSR count). The first kappa shape index (κ1) is 10.9. The minimum atomic E-state index is -4.35. The van der Waals surface area contributed by atoms with Crippen molar-refractivity contribution in [1.29, 1.82) is 0 Å². The van der Waals surface area contributed by atoms with E-state index in [9.17, 15) is 13.2 Å². The topological polar surface area (TPSA) is 0 Å². The Bertz CT molecular complexity index is 333. The van der Waals surface area contributed by atoms with Gasteiger partial charge in [0.2, 0.25) is 0 Å². The van der Waals surface area contributed by atoms with Crippen LogP contribution in [-0.2, 0) is 6.18 Å². The van der Waals surface area contributed by atoms with Gasteiger partial charge in [-0.2, -0.15) is 13.2 Å². The maximum atomic E-state index is 12.3. The fourth-order valence-corrected chi connectivity index (χ4v) is 1.75. The lowest BCUT2D eigenvalue weighted by atomic mass is 10.1. The van der Waals surface area contributed by atoms with E-state index < -0.39 is 11.7 Å². The summed E-state index contributed by atoms with van der Waals surface area (Å²) in [5.74, 6) is 0. The first-order valence-electron chi connectivity index (χ1n) is 3.35. The summed E-state index contributed by atoms with van der Waals surface area (Å²) in [6.07, 6.45) is -4.35. The summed E-state index contributed by atoms with van der Waals surface area (Å²) in [7, 11) is 0. The van der Waals surface area contributed by atoms with Crippen LogP contribution in [0.5, 0.6) is 0 Å². The number of alkyl halides is 3. The summed E-state index contributed by atoms with van der Waals surface area (Å²) >= 11 is 8.55. The first-order chi connectivity index (χ1) is 5.82. The van der Waals surface area contributed by atoms with Gasteiger partial charge in [0.1, 0.15) is 0 Å². The summed E-state index contributed by atoms with van der Waals surface area (Å²) < 4.78 is 37.3. The Kier molecular flexibility index (Phi) is 2.92. The van der Waals surface area contributed by atoms with Crippen LogP contribution < -0.4 is 0 Å². The highest BCUT2D eigenvalue weighted by atomic mass is 79.9. The molecule has 0 radical (unpaired) electrons. The Morgan fingerprint density at radius 3 is 2.31 bits per heavy atom. The molecule has 0 aliphatic rings. The largest absolute Gasteiger partial charge is 0.416 e. The zero-order valence-electron chi connectivity index (χ0n) is 6.54. The Morgan fingerprint density at radius 1 is 1.31 bits per heavy atom. The van der Waals surface area contributed by atoms with Crippen LogP contribution in [0, 0.1) is 6.92 Å². The fourth-order valence-electron chi connectivity index (χ4n) is 0.940. The van der Waals surface area contributed by atoms with E-state index in [-0.39, 0.29) is 10.6 Å². The third kappa shape index (κ3) is 2.38. The van der Waals surface area contributed by atoms with Gasteiger partial charge in [-0.1, -0.05) is 27.5 Å². The van der Waals surface area contributed by atoms with Gasteiger partial charge in [0, 0.05) is 9.50 Å². The van der Waals surface area contributed by atoms with Crippen molar-refractivity contribution in [3.63, 3.8) is 0 Å². The van der Waals surface area contributed by atoms with Gasteiger partial charge >= 0.3 is 6.18 Å². The van der Waals surface area contributed by atoms with Crippen molar-refractivity contribution in [2.45, 2.75) is 13.1 Å². The highest BCUT2D eigenvalue weighted by molar-refractivity contribution is 9.10. The van der Waals surface area contributed by atoms with Gasteiger partial charge in [-0.25, -0.2) is 0 Å². The van der Waals surface area contributed by atoms with E-state index in [1.807, 2.05) is 0 Å². The molecule has 0 nitrogen and oxygen atoms in total. The molecule has 13 heavy (non-hydrogen) atoms. The zero-order chi connectivity index (χ0) is 10.2. The molecule has 0 aliphatic heterocycles. The first-order valence-corrected chi connectivity index (χ1v) is 4.52. The summed E-state index contributed by atoms with van der Waals surface area (Å²) in [5, 5.41) is 0.113. The second-order valence-corrected chi connectivity index (χ2v) is 3.88. The maximum Gasteiger partial charge on any atom is 0.416 e. The summed E-state index contributed by atoms with van der Waals surface area (Å²) in [6.45, 7) is 1.34. The number of benzene rings is 1. The van der Waals surface area contributed by atoms with Crippen molar-refractivity contribution in [1.82, 2.24) is 0 Å². The van der Waals surface area contributed by atoms with Crippen LogP contribution in [0.15, 0.2) is 16.6 Å². The maximum absolute atomic E-state index is 12.3. The van der Waals surface area contributed by atoms with Crippen LogP contribution >= 0.6 is 27.5 Å². The Morgan fingerprint density at radius 2 is 1.85 bits per heavy atom. The summed E-state index contributed by atoms with van der Waals surface area (Å²) in [6, 6.07) is 2.45. The second-order valence-electron chi connectivity index (χ2n) is 2.56. The SMILES string of the molecule is Cc1c(Cl)cc(Br)cc1C(F)(F)F. The van der Waals surface area contributed by atoms with Gasteiger partial charge in [0.25, 0.3) is 0 Å². The number of rotatable bonds is 0. The molecule has 0 bridgehead atoms. The van der Waals surface area contributed by atoms with Crippen molar-refractivity contribution >= 4 is 27.5 Å². The second kappa shape index (κ2) is 3.50. The van der Waals surface area contributed by atoms with Crippen LogP contribution in [0.4, 0.5) is 13.2 Å². The minimum Gasteiger partial charge on any atom is -0.166 e. The zero-order valence-corrected chi connectivity index (χ0v) is 8.89. The lowest BCUT2D eigenvalue weighted by molar-refractivity contribution is -0.138. The van der Waals surface area contributed by atoms with Crippen molar-refractivity contribution in [3.05, 3.63) is 32.8 Å². The third-order valence-electron chi connectivity index (χ3n) is 1.61. The molecule has 0 unspecified atom stereocenters. The molecule has 0 N–H and O–H groups in total. The van der Waals surface area contributed by atoms with E-state index in [1.54, 1.807) is 0 Å². The normalized spacial score (nSPS) is 11.8. The predicted molar refractivity (Wildman–Crippen MR) is 48.9 cm³/mol. The van der Waals surface area contributed by atoms with E-state index in [4.69, 9.17) is 11.6 Å². The minimum absolute atomic E-state index is 0.0531. The smallest absolute Gasteiger partial charge is 0.166 e. The molecule has 1 aromatic rings. The van der Waals surface area contributed by atoms with Gasteiger partial charge in [-0.15, -0.1) is 0 Å². The molecule has 0 amide bonds. The predicted octanol–water partition coefficient (Wildman–Crippen LogP) is 4.43. The highest BCUT2D eigenvalue weighted by Gasteiger charge is 2.33. The van der Waals surface area contributed by atoms with Crippen molar-refractivity contribution < 1.29 is 13.2 Å². The molecule has 0 saturated heterocycles. The van der Waals surface area contributed by atoms with Crippen LogP contribution in [0.2, 0.25) is 5.02 Å². The van der Waals surface area contributed by atoms with Gasteiger partial charge in [0.05, 0.1) is 5.56 Å². The van der Waals surface area contributed by atoms with Crippen LogP contribution in [0.1, 0.15) is 11.1 Å². The van der Waals surface area contributed by atoms with E-state index >= 15 is 0 Å². The quantitative estimate of drug-likeness (QED) is 0.656. The van der Waals surface area contributed by atoms with Gasteiger partial charge in [-0.05, 0) is 24.6 Å². The molecule has 0 saturated carbocycles. The number of hydrogen-bond acceptors (Lipinski definition) is 0. The van der Waals surface area contributed by atoms with Gasteiger partial charge < -0.3 is 0 Å². The standard InChI is InChI=1S/C8H5BrClF3/c1-4-6(8(11,12)13)2-5(9)3-7(4)10/h2-3H,1H3. The Labute approximate surface area is 86.8 Å². The fraction of sp³-hybridized carbons (Fsp3) is 0.250. The molecule has 0 aliphatic carbocycles. The average molecular weight is 273 g/mol. The molecule has 1 aromatic carbocycles. The number of halogens is 5. The molecule has 0 heterocycles. The van der Waals surface area contributed by atoms with Gasteiger partial charge in [-0.3, -0.25) is 0 Å². The molecular weight excluding hydrogens is 268 g/mol. The summed E-state index contributed by atoms with van der Waals surface area (Å²) in [5.41, 5.74) is -0.649.